The van der Waals surface area contributed by atoms with Crippen LogP contribution in [-0.2, 0) is 4.79 Å². The number of carbonyl (C=O) groups is 1. The van der Waals surface area contributed by atoms with Crippen LogP contribution in [0, 0.1) is 11.8 Å². The second-order valence-corrected chi connectivity index (χ2v) is 6.35. The van der Waals surface area contributed by atoms with E-state index in [0.717, 1.165) is 25.3 Å². The van der Waals surface area contributed by atoms with Crippen molar-refractivity contribution >= 4 is 5.78 Å². The van der Waals surface area contributed by atoms with E-state index in [9.17, 15) is 4.79 Å². The van der Waals surface area contributed by atoms with Crippen molar-refractivity contribution in [2.75, 3.05) is 6.54 Å². The molecule has 0 aromatic heterocycles. The molecule has 1 rings (SSSR count). The third-order valence-corrected chi connectivity index (χ3v) is 3.50. The van der Waals surface area contributed by atoms with Crippen LogP contribution in [0.1, 0.15) is 59.8 Å². The van der Waals surface area contributed by atoms with Gasteiger partial charge in [-0.2, -0.15) is 0 Å². The first-order valence-electron chi connectivity index (χ1n) is 6.66. The van der Waals surface area contributed by atoms with Crippen LogP contribution in [0.4, 0.5) is 0 Å². The van der Waals surface area contributed by atoms with Gasteiger partial charge in [-0.15, -0.1) is 0 Å². The Morgan fingerprint density at radius 2 is 1.75 bits per heavy atom. The zero-order valence-electron chi connectivity index (χ0n) is 11.3. The molecule has 16 heavy (non-hydrogen) atoms. The number of ketones is 1. The van der Waals surface area contributed by atoms with E-state index >= 15 is 0 Å². The molecule has 1 saturated carbocycles. The second-order valence-electron chi connectivity index (χ2n) is 6.35. The number of rotatable bonds is 4. The molecule has 0 aromatic carbocycles. The molecule has 0 aromatic rings. The summed E-state index contributed by atoms with van der Waals surface area (Å²) in [5.41, 5.74) is 0.126. The van der Waals surface area contributed by atoms with E-state index in [2.05, 4.69) is 33.0 Å². The Bertz CT molecular complexity index is 221. The molecule has 0 aliphatic heterocycles. The smallest absolute Gasteiger partial charge is 0.137 e. The van der Waals surface area contributed by atoms with E-state index in [1.54, 1.807) is 0 Å². The van der Waals surface area contributed by atoms with E-state index < -0.39 is 0 Å². The summed E-state index contributed by atoms with van der Waals surface area (Å²) < 4.78 is 0. The van der Waals surface area contributed by atoms with Crippen molar-refractivity contribution in [2.45, 2.75) is 65.3 Å². The van der Waals surface area contributed by atoms with Gasteiger partial charge < -0.3 is 5.32 Å². The normalized spacial score (nSPS) is 26.8. The Morgan fingerprint density at radius 3 is 2.25 bits per heavy atom. The predicted molar refractivity (Wildman–Crippen MR) is 68.5 cm³/mol. The first-order chi connectivity index (χ1) is 7.38. The maximum Gasteiger partial charge on any atom is 0.137 e. The predicted octanol–water partition coefficient (Wildman–Crippen LogP) is 3.16. The van der Waals surface area contributed by atoms with Crippen LogP contribution in [0.3, 0.4) is 0 Å². The topological polar surface area (TPSA) is 29.1 Å². The van der Waals surface area contributed by atoms with Crippen LogP contribution >= 0.6 is 0 Å². The van der Waals surface area contributed by atoms with Gasteiger partial charge in [0.15, 0.2) is 0 Å². The van der Waals surface area contributed by atoms with Gasteiger partial charge >= 0.3 is 0 Å². The Hall–Kier alpha value is -0.370. The van der Waals surface area contributed by atoms with Crippen molar-refractivity contribution in [2.24, 2.45) is 11.8 Å². The van der Waals surface area contributed by atoms with Gasteiger partial charge in [-0.1, -0.05) is 19.8 Å². The monoisotopic (exact) mass is 225 g/mol. The van der Waals surface area contributed by atoms with Gasteiger partial charge in [0, 0.05) is 24.4 Å². The van der Waals surface area contributed by atoms with Gasteiger partial charge in [0.05, 0.1) is 0 Å². The molecule has 0 unspecified atom stereocenters. The summed E-state index contributed by atoms with van der Waals surface area (Å²) in [6, 6.07) is 0. The van der Waals surface area contributed by atoms with Gasteiger partial charge in [-0.05, 0) is 39.5 Å². The molecule has 0 bridgehead atoms. The molecule has 2 nitrogen and oxygen atoms in total. The summed E-state index contributed by atoms with van der Waals surface area (Å²) in [7, 11) is 0. The Labute approximate surface area is 100 Å². The molecular formula is C14H27NO. The third-order valence-electron chi connectivity index (χ3n) is 3.50. The van der Waals surface area contributed by atoms with Gasteiger partial charge in [-0.25, -0.2) is 0 Å². The lowest BCUT2D eigenvalue weighted by molar-refractivity contribution is -0.123. The van der Waals surface area contributed by atoms with E-state index in [1.807, 2.05) is 0 Å². The Kier molecular flexibility index (Phi) is 4.97. The second kappa shape index (κ2) is 5.81. The van der Waals surface area contributed by atoms with Gasteiger partial charge in [-0.3, -0.25) is 4.79 Å². The highest BCUT2D eigenvalue weighted by atomic mass is 16.1. The van der Waals surface area contributed by atoms with Crippen molar-refractivity contribution in [3.8, 4) is 0 Å². The molecule has 2 heteroatoms. The zero-order valence-corrected chi connectivity index (χ0v) is 11.3. The first kappa shape index (κ1) is 13.7. The SMILES string of the molecule is CC1CCC(C(=O)CCNC(C)(C)C)CC1. The minimum absolute atomic E-state index is 0.126. The summed E-state index contributed by atoms with van der Waals surface area (Å²) in [6.45, 7) is 9.54. The number of nitrogens with one attached hydrogen (secondary N) is 1. The minimum atomic E-state index is 0.126. The van der Waals surface area contributed by atoms with E-state index in [1.165, 1.54) is 12.8 Å². The number of Topliss-reactive ketones (excluding diaryl/α,β-unsaturated/α-hetero) is 1. The zero-order chi connectivity index (χ0) is 12.2. The highest BCUT2D eigenvalue weighted by Crippen LogP contribution is 2.29. The van der Waals surface area contributed by atoms with E-state index in [0.29, 0.717) is 18.1 Å². The first-order valence-corrected chi connectivity index (χ1v) is 6.66. The van der Waals surface area contributed by atoms with Crippen molar-refractivity contribution in [3.63, 3.8) is 0 Å². The van der Waals surface area contributed by atoms with Crippen LogP contribution in [0.25, 0.3) is 0 Å². The summed E-state index contributed by atoms with van der Waals surface area (Å²) in [6.07, 6.45) is 5.42. The number of carbonyl (C=O) groups excluding carboxylic acids is 1. The molecule has 1 N–H and O–H groups in total. The maximum absolute atomic E-state index is 12.0. The fraction of sp³-hybridized carbons (Fsp3) is 0.929. The molecule has 0 amide bonds. The lowest BCUT2D eigenvalue weighted by Gasteiger charge is -2.26. The van der Waals surface area contributed by atoms with Crippen LogP contribution in [0.2, 0.25) is 0 Å². The van der Waals surface area contributed by atoms with Crippen molar-refractivity contribution in [1.29, 1.82) is 0 Å². The third kappa shape index (κ3) is 5.11. The average molecular weight is 225 g/mol. The van der Waals surface area contributed by atoms with Gasteiger partial charge in [0.2, 0.25) is 0 Å². The molecule has 0 saturated heterocycles. The van der Waals surface area contributed by atoms with Gasteiger partial charge in [0.1, 0.15) is 5.78 Å². The average Bonchev–Trinajstić information content (AvgIpc) is 2.16. The van der Waals surface area contributed by atoms with Crippen LogP contribution in [-0.4, -0.2) is 17.9 Å². The van der Waals surface area contributed by atoms with E-state index in [4.69, 9.17) is 0 Å². The van der Waals surface area contributed by atoms with Crippen molar-refractivity contribution in [3.05, 3.63) is 0 Å². The lowest BCUT2D eigenvalue weighted by Crippen LogP contribution is -2.37. The quantitative estimate of drug-likeness (QED) is 0.796. The number of hydrogen-bond acceptors (Lipinski definition) is 2. The molecule has 94 valence electrons. The summed E-state index contributed by atoms with van der Waals surface area (Å²) in [5, 5.41) is 3.38. The molecule has 1 aliphatic carbocycles. The van der Waals surface area contributed by atoms with E-state index in [-0.39, 0.29) is 5.54 Å². The van der Waals surface area contributed by atoms with Crippen LogP contribution in [0.15, 0.2) is 0 Å². The largest absolute Gasteiger partial charge is 0.312 e. The summed E-state index contributed by atoms with van der Waals surface area (Å²) >= 11 is 0. The fourth-order valence-corrected chi connectivity index (χ4v) is 2.35. The molecule has 0 radical (unpaired) electrons. The molecule has 1 fully saturated rings. The highest BCUT2D eigenvalue weighted by Gasteiger charge is 2.23. The Morgan fingerprint density at radius 1 is 1.19 bits per heavy atom. The molecular weight excluding hydrogens is 198 g/mol. The van der Waals surface area contributed by atoms with Crippen LogP contribution < -0.4 is 5.32 Å². The molecule has 0 heterocycles. The summed E-state index contributed by atoms with van der Waals surface area (Å²) in [5.74, 6) is 1.67. The fourth-order valence-electron chi connectivity index (χ4n) is 2.35. The molecule has 1 aliphatic rings. The standard InChI is InChI=1S/C14H27NO/c1-11-5-7-12(8-6-11)13(16)9-10-15-14(2,3)4/h11-12,15H,5-10H2,1-4H3. The number of hydrogen-bond donors (Lipinski definition) is 1. The molecule has 0 spiro atoms. The van der Waals surface area contributed by atoms with Crippen LogP contribution in [0.5, 0.6) is 0 Å². The lowest BCUT2D eigenvalue weighted by atomic mass is 9.80. The molecule has 0 atom stereocenters. The van der Waals surface area contributed by atoms with Crippen molar-refractivity contribution in [1.82, 2.24) is 5.32 Å². The highest BCUT2D eigenvalue weighted by molar-refractivity contribution is 5.81. The minimum Gasteiger partial charge on any atom is -0.312 e. The maximum atomic E-state index is 12.0. The summed E-state index contributed by atoms with van der Waals surface area (Å²) in [4.78, 5) is 12.0. The van der Waals surface area contributed by atoms with Crippen molar-refractivity contribution < 1.29 is 4.79 Å². The Balaban J connectivity index is 2.20. The van der Waals surface area contributed by atoms with Gasteiger partial charge in [0.25, 0.3) is 0 Å².